The second-order valence-electron chi connectivity index (χ2n) is 8.29. The molecule has 4 rings (SSSR count). The predicted molar refractivity (Wildman–Crippen MR) is 148 cm³/mol. The molecule has 0 spiro atoms. The minimum absolute atomic E-state index is 0.799. The van der Waals surface area contributed by atoms with Crippen molar-refractivity contribution in [3.63, 3.8) is 0 Å². The lowest BCUT2D eigenvalue weighted by atomic mass is 9.98. The first-order chi connectivity index (χ1) is 16.2. The van der Waals surface area contributed by atoms with E-state index in [-0.39, 0.29) is 0 Å². The quantitative estimate of drug-likeness (QED) is 0.268. The van der Waals surface area contributed by atoms with Gasteiger partial charge in [-0.1, -0.05) is 24.3 Å². The molecule has 0 aliphatic rings. The summed E-state index contributed by atoms with van der Waals surface area (Å²) in [4.78, 5) is 0. The van der Waals surface area contributed by atoms with Gasteiger partial charge in [0.2, 0.25) is 0 Å². The first kappa shape index (κ1) is 26.4. The maximum atomic E-state index is 7.83. The number of hydrogen-bond donors (Lipinski definition) is 4. The van der Waals surface area contributed by atoms with Gasteiger partial charge in [-0.15, -0.1) is 0 Å². The fourth-order valence-corrected chi connectivity index (χ4v) is 3.71. The van der Waals surface area contributed by atoms with Gasteiger partial charge in [-0.2, -0.15) is 4.21 Å². The zero-order chi connectivity index (χ0) is 25.4. The molecule has 0 bridgehead atoms. The fourth-order valence-electron chi connectivity index (χ4n) is 3.71. The SMILES string of the molecule is Cc1cc(-c2ccc(N)cc2C)ccc1N.Cc1cc(-c2ccc(N)cc2C)ccc1N.O=S. The number of rotatable bonds is 2. The van der Waals surface area contributed by atoms with Gasteiger partial charge < -0.3 is 22.9 Å². The summed E-state index contributed by atoms with van der Waals surface area (Å²) in [7, 11) is 0. The molecule has 0 aliphatic heterocycles. The number of nitrogens with two attached hydrogens (primary N) is 4. The van der Waals surface area contributed by atoms with Crippen LogP contribution in [0.4, 0.5) is 22.7 Å². The summed E-state index contributed by atoms with van der Waals surface area (Å²) in [5.41, 5.74) is 35.7. The lowest BCUT2D eigenvalue weighted by molar-refractivity contribution is 0.702. The lowest BCUT2D eigenvalue weighted by Gasteiger charge is -2.09. The maximum Gasteiger partial charge on any atom is 0.197 e. The Bertz CT molecular complexity index is 1190. The summed E-state index contributed by atoms with van der Waals surface area (Å²) in [6.45, 7) is 8.17. The van der Waals surface area contributed by atoms with Crippen molar-refractivity contribution >= 4 is 35.3 Å². The molecule has 0 aliphatic carbocycles. The van der Waals surface area contributed by atoms with Crippen molar-refractivity contribution in [1.82, 2.24) is 0 Å². The Morgan fingerprint density at radius 3 is 1.12 bits per heavy atom. The number of anilines is 4. The third-order valence-corrected chi connectivity index (χ3v) is 5.66. The molecule has 0 aromatic heterocycles. The zero-order valence-corrected chi connectivity index (χ0v) is 20.9. The highest BCUT2D eigenvalue weighted by molar-refractivity contribution is 7.44. The first-order valence-electron chi connectivity index (χ1n) is 10.8. The van der Waals surface area contributed by atoms with E-state index in [1.807, 2.05) is 62.4 Å². The Morgan fingerprint density at radius 2 is 0.824 bits per heavy atom. The summed E-state index contributed by atoms with van der Waals surface area (Å²) in [5.74, 6) is 0. The van der Waals surface area contributed by atoms with Crippen LogP contribution >= 0.6 is 0 Å². The van der Waals surface area contributed by atoms with E-state index in [1.165, 1.54) is 33.4 Å². The van der Waals surface area contributed by atoms with Crippen LogP contribution in [0.2, 0.25) is 0 Å². The molecule has 0 unspecified atom stereocenters. The van der Waals surface area contributed by atoms with Crippen LogP contribution in [0.3, 0.4) is 0 Å². The fraction of sp³-hybridized carbons (Fsp3) is 0.143. The minimum atomic E-state index is 0.799. The van der Waals surface area contributed by atoms with Gasteiger partial charge in [0.25, 0.3) is 0 Å². The van der Waals surface area contributed by atoms with Crippen molar-refractivity contribution in [3.05, 3.63) is 95.1 Å². The van der Waals surface area contributed by atoms with E-state index >= 15 is 0 Å². The van der Waals surface area contributed by atoms with Crippen LogP contribution in [0.1, 0.15) is 22.3 Å². The van der Waals surface area contributed by atoms with E-state index in [0.717, 1.165) is 33.9 Å². The Labute approximate surface area is 207 Å². The normalized spacial score (nSPS) is 9.88. The smallest absolute Gasteiger partial charge is 0.197 e. The molecular weight excluding hydrogens is 440 g/mol. The van der Waals surface area contributed by atoms with Gasteiger partial charge in [0.1, 0.15) is 0 Å². The largest absolute Gasteiger partial charge is 0.399 e. The van der Waals surface area contributed by atoms with Crippen molar-refractivity contribution in [2.45, 2.75) is 27.7 Å². The molecule has 4 aromatic carbocycles. The zero-order valence-electron chi connectivity index (χ0n) is 20.1. The van der Waals surface area contributed by atoms with E-state index in [1.54, 1.807) is 0 Å². The molecule has 6 heteroatoms. The molecule has 8 N–H and O–H groups in total. The molecule has 176 valence electrons. The van der Waals surface area contributed by atoms with Crippen molar-refractivity contribution in [2.75, 3.05) is 22.9 Å². The average Bonchev–Trinajstić information content (AvgIpc) is 2.80. The number of nitrogen functional groups attached to an aromatic ring is 4. The summed E-state index contributed by atoms with van der Waals surface area (Å²) in [5, 5.41) is 0. The van der Waals surface area contributed by atoms with Gasteiger partial charge in [-0.05, 0) is 121 Å². The van der Waals surface area contributed by atoms with Crippen LogP contribution in [0.5, 0.6) is 0 Å². The Kier molecular flexibility index (Phi) is 9.16. The molecule has 0 atom stereocenters. The van der Waals surface area contributed by atoms with Gasteiger partial charge in [-0.25, -0.2) is 0 Å². The number of benzene rings is 4. The summed E-state index contributed by atoms with van der Waals surface area (Å²) < 4.78 is 7.83. The monoisotopic (exact) mass is 472 g/mol. The van der Waals surface area contributed by atoms with Gasteiger partial charge in [0, 0.05) is 22.7 Å². The van der Waals surface area contributed by atoms with Crippen molar-refractivity contribution < 1.29 is 4.21 Å². The Hall–Kier alpha value is -3.90. The highest BCUT2D eigenvalue weighted by Gasteiger charge is 2.04. The van der Waals surface area contributed by atoms with Gasteiger partial charge in [-0.3, -0.25) is 0 Å². The topological polar surface area (TPSA) is 121 Å². The summed E-state index contributed by atoms with van der Waals surface area (Å²) in [6, 6.07) is 24.1. The van der Waals surface area contributed by atoms with E-state index in [0.29, 0.717) is 0 Å². The minimum Gasteiger partial charge on any atom is -0.399 e. The average molecular weight is 473 g/mol. The Balaban J connectivity index is 0.000000224. The highest BCUT2D eigenvalue weighted by atomic mass is 32.1. The van der Waals surface area contributed by atoms with Crippen molar-refractivity contribution in [3.8, 4) is 22.3 Å². The molecule has 34 heavy (non-hydrogen) atoms. The molecule has 0 heterocycles. The van der Waals surface area contributed by atoms with Crippen LogP contribution in [0.25, 0.3) is 22.3 Å². The van der Waals surface area contributed by atoms with E-state index < -0.39 is 0 Å². The van der Waals surface area contributed by atoms with Crippen molar-refractivity contribution in [2.24, 2.45) is 0 Å². The second-order valence-corrected chi connectivity index (χ2v) is 8.29. The number of aryl methyl sites for hydroxylation is 4. The predicted octanol–water partition coefficient (Wildman–Crippen LogP) is 5.93. The van der Waals surface area contributed by atoms with Gasteiger partial charge >= 0.3 is 0 Å². The summed E-state index contributed by atoms with van der Waals surface area (Å²) in [6.07, 6.45) is 0. The summed E-state index contributed by atoms with van der Waals surface area (Å²) >= 11 is 2.83. The second kappa shape index (κ2) is 11.8. The molecule has 0 saturated heterocycles. The van der Waals surface area contributed by atoms with Crippen LogP contribution in [0.15, 0.2) is 72.8 Å². The molecule has 0 amide bonds. The van der Waals surface area contributed by atoms with Crippen molar-refractivity contribution in [1.29, 1.82) is 0 Å². The Morgan fingerprint density at radius 1 is 0.471 bits per heavy atom. The third-order valence-electron chi connectivity index (χ3n) is 5.66. The van der Waals surface area contributed by atoms with Gasteiger partial charge in [0.15, 0.2) is 12.5 Å². The highest BCUT2D eigenvalue weighted by Crippen LogP contribution is 2.28. The molecule has 4 aromatic rings. The molecular formula is C28H32N4OS. The van der Waals surface area contributed by atoms with Gasteiger partial charge in [0.05, 0.1) is 0 Å². The van der Waals surface area contributed by atoms with Crippen LogP contribution in [-0.4, -0.2) is 4.21 Å². The molecule has 0 radical (unpaired) electrons. The number of hydrogen-bond acceptors (Lipinski definition) is 6. The maximum absolute atomic E-state index is 7.83. The lowest BCUT2D eigenvalue weighted by Crippen LogP contribution is -1.92. The van der Waals surface area contributed by atoms with E-state index in [9.17, 15) is 0 Å². The van der Waals surface area contributed by atoms with E-state index in [2.05, 4.69) is 50.6 Å². The first-order valence-corrected chi connectivity index (χ1v) is 11.1. The molecule has 5 nitrogen and oxygen atoms in total. The van der Waals surface area contributed by atoms with Crippen LogP contribution in [-0.2, 0) is 12.5 Å². The molecule has 0 fully saturated rings. The van der Waals surface area contributed by atoms with E-state index in [4.69, 9.17) is 27.1 Å². The van der Waals surface area contributed by atoms with Crippen LogP contribution < -0.4 is 22.9 Å². The standard InChI is InChI=1S/2C14H16N2.OS/c2*1-9-8-12(15)4-5-13(9)11-3-6-14(16)10(2)7-11;1-2/h2*3-8H,15-16H2,1-2H3;. The molecule has 0 saturated carbocycles. The third kappa shape index (κ3) is 6.56. The van der Waals surface area contributed by atoms with Crippen LogP contribution in [0, 0.1) is 27.7 Å².